The van der Waals surface area contributed by atoms with Gasteiger partial charge in [-0.25, -0.2) is 4.98 Å². The fraction of sp³-hybridized carbons (Fsp3) is 0.0952. The molecule has 1 unspecified atom stereocenters. The fourth-order valence-corrected chi connectivity index (χ4v) is 3.22. The van der Waals surface area contributed by atoms with Crippen molar-refractivity contribution in [1.29, 1.82) is 0 Å². The van der Waals surface area contributed by atoms with Gasteiger partial charge in [-0.1, -0.05) is 54.6 Å². The third kappa shape index (κ3) is 2.95. The lowest BCUT2D eigenvalue weighted by Crippen LogP contribution is -2.37. The van der Waals surface area contributed by atoms with Gasteiger partial charge in [0.2, 0.25) is 0 Å². The van der Waals surface area contributed by atoms with Gasteiger partial charge in [-0.15, -0.1) is 0 Å². The summed E-state index contributed by atoms with van der Waals surface area (Å²) in [5, 5.41) is 2.82. The van der Waals surface area contributed by atoms with Crippen molar-refractivity contribution in [2.45, 2.75) is 12.6 Å². The molecule has 2 heterocycles. The second-order valence-corrected chi connectivity index (χ2v) is 6.11. The maximum atomic E-state index is 13.1. The molecule has 4 rings (SSSR count). The molecule has 0 spiro atoms. The minimum absolute atomic E-state index is 0.134. The highest BCUT2D eigenvalue weighted by Gasteiger charge is 2.37. The van der Waals surface area contributed by atoms with Gasteiger partial charge in [0.05, 0.1) is 0 Å². The average molecular weight is 343 g/mol. The highest BCUT2D eigenvalue weighted by atomic mass is 16.2. The van der Waals surface area contributed by atoms with Crippen LogP contribution in [0.15, 0.2) is 79.0 Å². The normalized spacial score (nSPS) is 14.0. The first-order valence-electron chi connectivity index (χ1n) is 8.40. The number of aromatic nitrogens is 1. The van der Waals surface area contributed by atoms with E-state index in [9.17, 15) is 9.59 Å². The van der Waals surface area contributed by atoms with Gasteiger partial charge in [0, 0.05) is 18.3 Å². The lowest BCUT2D eigenvalue weighted by atomic mass is 10.0. The van der Waals surface area contributed by atoms with Crippen molar-refractivity contribution in [2.24, 2.45) is 0 Å². The van der Waals surface area contributed by atoms with E-state index in [0.29, 0.717) is 17.9 Å². The van der Waals surface area contributed by atoms with E-state index >= 15 is 0 Å². The van der Waals surface area contributed by atoms with E-state index < -0.39 is 6.04 Å². The van der Waals surface area contributed by atoms with Gasteiger partial charge in [0.15, 0.2) is 0 Å². The summed E-state index contributed by atoms with van der Waals surface area (Å²) < 4.78 is 0. The Kier molecular flexibility index (Phi) is 4.19. The van der Waals surface area contributed by atoms with Crippen LogP contribution in [0.2, 0.25) is 0 Å². The van der Waals surface area contributed by atoms with E-state index in [1.807, 2.05) is 48.5 Å². The van der Waals surface area contributed by atoms with Crippen molar-refractivity contribution in [3.8, 4) is 0 Å². The van der Waals surface area contributed by atoms with Crippen LogP contribution in [0.25, 0.3) is 0 Å². The molecule has 3 aromatic rings. The maximum Gasteiger partial charge on any atom is 0.255 e. The molecule has 0 aliphatic carbocycles. The van der Waals surface area contributed by atoms with Crippen LogP contribution in [0.1, 0.15) is 27.5 Å². The quantitative estimate of drug-likeness (QED) is 0.789. The number of amides is 2. The van der Waals surface area contributed by atoms with E-state index in [0.717, 1.165) is 11.1 Å². The summed E-state index contributed by atoms with van der Waals surface area (Å²) in [6.07, 6.45) is 1.62. The van der Waals surface area contributed by atoms with E-state index in [1.165, 1.54) is 0 Å². The molecule has 1 N–H and O–H groups in total. The fourth-order valence-electron chi connectivity index (χ4n) is 3.22. The SMILES string of the molecule is O=C(Nc1ccccn1)C(c1ccccc1)N1Cc2ccccc2C1=O. The number of nitrogens with one attached hydrogen (secondary N) is 1. The molecule has 1 aliphatic rings. The lowest BCUT2D eigenvalue weighted by Gasteiger charge is -2.27. The number of hydrogen-bond donors (Lipinski definition) is 1. The van der Waals surface area contributed by atoms with Gasteiger partial charge >= 0.3 is 0 Å². The number of nitrogens with zero attached hydrogens (tertiary/aromatic N) is 2. The molecule has 0 saturated heterocycles. The predicted octanol–water partition coefficient (Wildman–Crippen LogP) is 3.42. The van der Waals surface area contributed by atoms with Crippen molar-refractivity contribution in [3.63, 3.8) is 0 Å². The van der Waals surface area contributed by atoms with Crippen LogP contribution in [-0.2, 0) is 11.3 Å². The van der Waals surface area contributed by atoms with Crippen LogP contribution in [-0.4, -0.2) is 21.7 Å². The second-order valence-electron chi connectivity index (χ2n) is 6.11. The number of carbonyl (C=O) groups is 2. The Labute approximate surface area is 151 Å². The maximum absolute atomic E-state index is 13.1. The first kappa shape index (κ1) is 16.0. The largest absolute Gasteiger partial charge is 0.318 e. The monoisotopic (exact) mass is 343 g/mol. The Morgan fingerprint density at radius 3 is 2.42 bits per heavy atom. The summed E-state index contributed by atoms with van der Waals surface area (Å²) in [7, 11) is 0. The Balaban J connectivity index is 1.69. The second kappa shape index (κ2) is 6.80. The topological polar surface area (TPSA) is 62.3 Å². The molecule has 1 aliphatic heterocycles. The number of benzene rings is 2. The number of fused-ring (bicyclic) bond motifs is 1. The number of pyridine rings is 1. The van der Waals surface area contributed by atoms with Crippen molar-refractivity contribution in [3.05, 3.63) is 95.7 Å². The number of rotatable bonds is 4. The molecular weight excluding hydrogens is 326 g/mol. The first-order chi connectivity index (χ1) is 12.7. The van der Waals surface area contributed by atoms with Crippen molar-refractivity contribution < 1.29 is 9.59 Å². The number of anilines is 1. The van der Waals surface area contributed by atoms with Crippen LogP contribution in [0.4, 0.5) is 5.82 Å². The molecule has 5 heteroatoms. The van der Waals surface area contributed by atoms with Gasteiger partial charge in [-0.2, -0.15) is 0 Å². The Hall–Kier alpha value is -3.47. The summed E-state index contributed by atoms with van der Waals surface area (Å²) in [5.41, 5.74) is 2.35. The van der Waals surface area contributed by atoms with Crippen molar-refractivity contribution >= 4 is 17.6 Å². The number of hydrogen-bond acceptors (Lipinski definition) is 3. The minimum Gasteiger partial charge on any atom is -0.318 e. The molecule has 1 atom stereocenters. The Bertz CT molecular complexity index is 942. The van der Waals surface area contributed by atoms with Crippen LogP contribution in [0.5, 0.6) is 0 Å². The van der Waals surface area contributed by atoms with Gasteiger partial charge in [-0.05, 0) is 29.3 Å². The molecule has 0 radical (unpaired) electrons. The average Bonchev–Trinajstić information content (AvgIpc) is 3.00. The van der Waals surface area contributed by atoms with Gasteiger partial charge in [0.25, 0.3) is 11.8 Å². The van der Waals surface area contributed by atoms with Crippen LogP contribution in [0, 0.1) is 0 Å². The zero-order chi connectivity index (χ0) is 17.9. The standard InChI is InChI=1S/C21H17N3O2/c25-20(23-18-12-6-7-13-22-18)19(15-8-2-1-3-9-15)24-14-16-10-4-5-11-17(16)21(24)26/h1-13,19H,14H2,(H,22,23,25). The molecule has 0 saturated carbocycles. The van der Waals surface area contributed by atoms with Crippen LogP contribution < -0.4 is 5.32 Å². The van der Waals surface area contributed by atoms with E-state index in [-0.39, 0.29) is 11.8 Å². The number of carbonyl (C=O) groups excluding carboxylic acids is 2. The summed E-state index contributed by atoms with van der Waals surface area (Å²) in [6, 6.07) is 21.4. The zero-order valence-corrected chi connectivity index (χ0v) is 14.0. The molecule has 2 amide bonds. The van der Waals surface area contributed by atoms with Gasteiger partial charge in [0.1, 0.15) is 11.9 Å². The minimum atomic E-state index is -0.724. The predicted molar refractivity (Wildman–Crippen MR) is 98.4 cm³/mol. The third-order valence-corrected chi connectivity index (χ3v) is 4.44. The van der Waals surface area contributed by atoms with E-state index in [1.54, 1.807) is 35.4 Å². The summed E-state index contributed by atoms with van der Waals surface area (Å²) in [5.74, 6) is 0.0456. The van der Waals surface area contributed by atoms with E-state index in [4.69, 9.17) is 0 Å². The zero-order valence-electron chi connectivity index (χ0n) is 14.0. The van der Waals surface area contributed by atoms with Gasteiger partial charge < -0.3 is 10.2 Å². The molecule has 5 nitrogen and oxygen atoms in total. The first-order valence-corrected chi connectivity index (χ1v) is 8.40. The summed E-state index contributed by atoms with van der Waals surface area (Å²) >= 11 is 0. The Morgan fingerprint density at radius 1 is 0.962 bits per heavy atom. The Morgan fingerprint density at radius 2 is 1.69 bits per heavy atom. The molecule has 26 heavy (non-hydrogen) atoms. The summed E-state index contributed by atoms with van der Waals surface area (Å²) in [4.78, 5) is 31.7. The van der Waals surface area contributed by atoms with Crippen LogP contribution >= 0.6 is 0 Å². The lowest BCUT2D eigenvalue weighted by molar-refractivity contribution is -0.120. The molecule has 2 aromatic carbocycles. The molecule has 0 fully saturated rings. The van der Waals surface area contributed by atoms with Crippen molar-refractivity contribution in [2.75, 3.05) is 5.32 Å². The molecule has 1 aromatic heterocycles. The third-order valence-electron chi connectivity index (χ3n) is 4.44. The van der Waals surface area contributed by atoms with Gasteiger partial charge in [-0.3, -0.25) is 9.59 Å². The molecule has 0 bridgehead atoms. The smallest absolute Gasteiger partial charge is 0.255 e. The van der Waals surface area contributed by atoms with Crippen LogP contribution in [0.3, 0.4) is 0 Å². The summed E-state index contributed by atoms with van der Waals surface area (Å²) in [6.45, 7) is 0.407. The highest BCUT2D eigenvalue weighted by Crippen LogP contribution is 2.32. The van der Waals surface area contributed by atoms with Crippen molar-refractivity contribution in [1.82, 2.24) is 9.88 Å². The molecule has 128 valence electrons. The highest BCUT2D eigenvalue weighted by molar-refractivity contribution is 6.03. The van der Waals surface area contributed by atoms with E-state index in [2.05, 4.69) is 10.3 Å². The molecular formula is C21H17N3O2.